The van der Waals surface area contributed by atoms with Crippen molar-refractivity contribution in [3.05, 3.63) is 0 Å². The quantitative estimate of drug-likeness (QED) is 0.748. The standard InChI is InChI=1S/2In.3S. The van der Waals surface area contributed by atoms with Crippen molar-refractivity contribution in [3.8, 4) is 0 Å². The van der Waals surface area contributed by atoms with Crippen molar-refractivity contribution < 1.29 is 0 Å². The van der Waals surface area contributed by atoms with Crippen molar-refractivity contribution in [2.24, 2.45) is 0 Å². The van der Waals surface area contributed by atoms with Crippen LogP contribution in [-0.2, 0) is 0 Å². The summed E-state index contributed by atoms with van der Waals surface area (Å²) in [4.78, 5) is 0. The first-order valence-electron chi connectivity index (χ1n) is 0.943. The molecule has 0 aromatic heterocycles. The van der Waals surface area contributed by atoms with Crippen LogP contribution in [0.3, 0.4) is 0 Å². The van der Waals surface area contributed by atoms with Crippen LogP contribution in [0.25, 0.3) is 0 Å². The molecule has 0 N–H and O–H groups in total. The molecule has 24 valence electrons. The van der Waals surface area contributed by atoms with Gasteiger partial charge in [0, 0.05) is 0 Å². The summed E-state index contributed by atoms with van der Waals surface area (Å²) in [6, 6.07) is 0. The summed E-state index contributed by atoms with van der Waals surface area (Å²) < 4.78 is 0. The van der Waals surface area contributed by atoms with E-state index in [2.05, 4.69) is 0 Å². The zero-order valence-electron chi connectivity index (χ0n) is 2.38. The Morgan fingerprint density at radius 2 is 1.60 bits per heavy atom. The van der Waals surface area contributed by atoms with Crippen LogP contribution in [0.15, 0.2) is 0 Å². The maximum atomic E-state index is 4.78. The Bertz CT molecular complexity index is 34.2. The van der Waals surface area contributed by atoms with Gasteiger partial charge >= 0.3 is 62.1 Å². The summed E-state index contributed by atoms with van der Waals surface area (Å²) in [6.45, 7) is 0. The molecular weight excluding hydrogens is 326 g/mol. The van der Waals surface area contributed by atoms with E-state index < -0.39 is 38.9 Å². The van der Waals surface area contributed by atoms with Crippen LogP contribution in [0, 0.1) is 0 Å². The van der Waals surface area contributed by atoms with Gasteiger partial charge in [-0.3, -0.25) is 0 Å². The minimum atomic E-state index is -0.448. The Kier molecular flexibility index (Phi) is 9.83. The van der Waals surface area contributed by atoms with E-state index in [1.807, 2.05) is 5.41 Å². The fraction of sp³-hybridized carbons (Fsp3) is 0. The van der Waals surface area contributed by atoms with E-state index >= 15 is 0 Å². The Balaban J connectivity index is 2.65. The summed E-state index contributed by atoms with van der Waals surface area (Å²) in [5, 5.41) is 1.97. The van der Waals surface area contributed by atoms with Crippen molar-refractivity contribution >= 4 is 62.1 Å². The van der Waals surface area contributed by atoms with Gasteiger partial charge in [0.25, 0.3) is 0 Å². The van der Waals surface area contributed by atoms with E-state index in [-0.39, 0.29) is 0 Å². The van der Waals surface area contributed by atoms with Gasteiger partial charge in [0.1, 0.15) is 0 Å². The third kappa shape index (κ3) is 6.53. The molecule has 0 rings (SSSR count). The molecule has 0 radical (unpaired) electrons. The topological polar surface area (TPSA) is 0 Å². The van der Waals surface area contributed by atoms with Crippen LogP contribution in [0.5, 0.6) is 0 Å². The molecule has 5 heteroatoms. The Hall–Kier alpha value is 2.53. The second-order valence-electron chi connectivity index (χ2n) is 0.329. The molecule has 0 amide bonds. The fourth-order valence-electron chi connectivity index (χ4n) is 0.0227. The molecule has 0 aliphatic heterocycles. The normalized spacial score (nSPS) is 4.80. The van der Waals surface area contributed by atoms with Gasteiger partial charge in [-0.2, -0.15) is 0 Å². The van der Waals surface area contributed by atoms with Crippen molar-refractivity contribution in [2.45, 2.75) is 0 Å². The maximum absolute atomic E-state index is 4.78. The molecule has 0 atom stereocenters. The van der Waals surface area contributed by atoms with Crippen molar-refractivity contribution in [3.63, 3.8) is 0 Å². The van der Waals surface area contributed by atoms with Gasteiger partial charge in [-0.05, 0) is 0 Å². The van der Waals surface area contributed by atoms with Crippen LogP contribution in [0.4, 0.5) is 0 Å². The van der Waals surface area contributed by atoms with Gasteiger partial charge in [-0.15, -0.1) is 0 Å². The molecule has 0 unspecified atom stereocenters. The van der Waals surface area contributed by atoms with Crippen LogP contribution in [-0.4, -0.2) is 38.9 Å². The van der Waals surface area contributed by atoms with E-state index in [0.29, 0.717) is 0 Å². The first-order chi connectivity index (χ1) is 2.41. The average molecular weight is 326 g/mol. The summed E-state index contributed by atoms with van der Waals surface area (Å²) in [5.41, 5.74) is 0. The Morgan fingerprint density at radius 1 is 1.20 bits per heavy atom. The van der Waals surface area contributed by atoms with E-state index in [0.717, 1.165) is 0 Å². The zero-order valence-corrected chi connectivity index (χ0v) is 11.4. The van der Waals surface area contributed by atoms with Crippen molar-refractivity contribution in [1.29, 1.82) is 0 Å². The van der Waals surface area contributed by atoms with E-state index in [1.165, 1.54) is 0 Å². The van der Waals surface area contributed by atoms with Gasteiger partial charge in [-0.1, -0.05) is 0 Å². The number of hydrogen-bond donors (Lipinski definition) is 0. The second-order valence-corrected chi connectivity index (χ2v) is 30.0. The third-order valence-corrected chi connectivity index (χ3v) is 45.0. The Morgan fingerprint density at radius 3 is 1.60 bits per heavy atom. The molecule has 0 fully saturated rings. The zero-order chi connectivity index (χ0) is 4.12. The van der Waals surface area contributed by atoms with Gasteiger partial charge in [-0.25, -0.2) is 0 Å². The SMILES string of the molecule is [S]=[In][S][In]=[S]. The molecule has 0 aromatic rings. The van der Waals surface area contributed by atoms with Crippen molar-refractivity contribution in [2.75, 3.05) is 0 Å². The molecule has 0 aromatic carbocycles. The van der Waals surface area contributed by atoms with Crippen LogP contribution in [0.1, 0.15) is 0 Å². The molecule has 0 saturated carbocycles. The molecule has 5 heavy (non-hydrogen) atoms. The number of hydrogen-bond acceptors (Lipinski definition) is 3. The van der Waals surface area contributed by atoms with Gasteiger partial charge in [0.15, 0.2) is 0 Å². The Labute approximate surface area is 60.7 Å². The summed E-state index contributed by atoms with van der Waals surface area (Å²) in [6.07, 6.45) is 0. The number of rotatable bonds is 2. The molecule has 0 heterocycles. The third-order valence-electron chi connectivity index (χ3n) is 0.111. The van der Waals surface area contributed by atoms with E-state index in [1.54, 1.807) is 0 Å². The molecule has 0 saturated heterocycles. The summed E-state index contributed by atoms with van der Waals surface area (Å²) in [5.74, 6) is 0. The van der Waals surface area contributed by atoms with Gasteiger partial charge < -0.3 is 0 Å². The average Bonchev–Trinajstić information content (AvgIpc) is 1.41. The fourth-order valence-corrected chi connectivity index (χ4v) is 27.6. The molecular formula is In2S3. The molecule has 0 nitrogen and oxygen atoms in total. The first-order valence-corrected chi connectivity index (χ1v) is 19.0. The van der Waals surface area contributed by atoms with Crippen molar-refractivity contribution in [1.82, 2.24) is 0 Å². The predicted octanol–water partition coefficient (Wildman–Crippen LogP) is 1.18. The second kappa shape index (κ2) is 6.53. The van der Waals surface area contributed by atoms with Crippen LogP contribution >= 0.6 is 23.3 Å². The molecule has 0 aliphatic carbocycles. The monoisotopic (exact) mass is 326 g/mol. The molecule has 0 aliphatic rings. The van der Waals surface area contributed by atoms with Crippen LogP contribution in [0.2, 0.25) is 0 Å². The van der Waals surface area contributed by atoms with Crippen LogP contribution < -0.4 is 0 Å². The minimum absolute atomic E-state index is 0.448. The predicted molar refractivity (Wildman–Crippen MR) is 34.3 cm³/mol. The summed E-state index contributed by atoms with van der Waals surface area (Å²) in [7, 11) is 9.57. The van der Waals surface area contributed by atoms with E-state index in [9.17, 15) is 0 Å². The van der Waals surface area contributed by atoms with Gasteiger partial charge in [0.2, 0.25) is 0 Å². The first kappa shape index (κ1) is 7.53. The van der Waals surface area contributed by atoms with Gasteiger partial charge in [0.05, 0.1) is 0 Å². The molecule has 0 bridgehead atoms. The summed E-state index contributed by atoms with van der Waals surface area (Å²) >= 11 is -0.896. The molecule has 0 spiro atoms. The van der Waals surface area contributed by atoms with E-state index in [4.69, 9.17) is 17.8 Å².